The van der Waals surface area contributed by atoms with E-state index in [0.29, 0.717) is 11.8 Å². The van der Waals surface area contributed by atoms with Crippen LogP contribution >= 0.6 is 11.6 Å². The summed E-state index contributed by atoms with van der Waals surface area (Å²) >= 11 is 6.39. The second-order valence-corrected chi connectivity index (χ2v) is 6.18. The predicted octanol–water partition coefficient (Wildman–Crippen LogP) is 4.20. The first-order valence-corrected chi connectivity index (χ1v) is 7.22. The molecule has 0 fully saturated rings. The molecule has 0 aliphatic carbocycles. The third-order valence-electron chi connectivity index (χ3n) is 3.18. The van der Waals surface area contributed by atoms with Crippen LogP contribution in [-0.2, 0) is 6.54 Å². The van der Waals surface area contributed by atoms with Crippen LogP contribution in [0.3, 0.4) is 0 Å². The monoisotopic (exact) mass is 277 g/mol. The summed E-state index contributed by atoms with van der Waals surface area (Å²) < 4.78 is 4.27. The smallest absolute Gasteiger partial charge is 0.236 e. The van der Waals surface area contributed by atoms with Gasteiger partial charge in [0, 0.05) is 0 Å². The maximum atomic E-state index is 6.39. The van der Waals surface area contributed by atoms with Crippen LogP contribution in [0.25, 0.3) is 5.69 Å². The summed E-state index contributed by atoms with van der Waals surface area (Å²) in [7, 11) is 0. The van der Waals surface area contributed by atoms with Gasteiger partial charge in [-0.05, 0) is 29.5 Å². The molecule has 0 bridgehead atoms. The number of imidazole rings is 1. The van der Waals surface area contributed by atoms with Crippen molar-refractivity contribution < 1.29 is 4.57 Å². The van der Waals surface area contributed by atoms with Gasteiger partial charge in [-0.15, -0.1) is 0 Å². The van der Waals surface area contributed by atoms with Gasteiger partial charge in [-0.2, -0.15) is 0 Å². The average molecular weight is 278 g/mol. The van der Waals surface area contributed by atoms with Gasteiger partial charge in [-0.1, -0.05) is 45.4 Å². The molecule has 0 saturated heterocycles. The minimum Gasteiger partial charge on any atom is -0.236 e. The van der Waals surface area contributed by atoms with E-state index in [4.69, 9.17) is 11.6 Å². The van der Waals surface area contributed by atoms with Gasteiger partial charge in [-0.25, -0.2) is 9.13 Å². The largest absolute Gasteiger partial charge is 0.249 e. The first-order valence-electron chi connectivity index (χ1n) is 6.84. The Hall–Kier alpha value is -1.28. The molecular weight excluding hydrogens is 256 g/mol. The summed E-state index contributed by atoms with van der Waals surface area (Å²) in [4.78, 5) is 0. The van der Waals surface area contributed by atoms with E-state index in [1.807, 2.05) is 0 Å². The van der Waals surface area contributed by atoms with E-state index in [9.17, 15) is 0 Å². The van der Waals surface area contributed by atoms with Crippen molar-refractivity contribution in [2.45, 2.75) is 40.2 Å². The fourth-order valence-electron chi connectivity index (χ4n) is 2.16. The van der Waals surface area contributed by atoms with Crippen LogP contribution < -0.4 is 4.57 Å². The lowest BCUT2D eigenvalue weighted by molar-refractivity contribution is -0.701. The van der Waals surface area contributed by atoms with E-state index >= 15 is 0 Å². The zero-order valence-corrected chi connectivity index (χ0v) is 12.9. The van der Waals surface area contributed by atoms with Gasteiger partial charge in [0.1, 0.15) is 12.4 Å². The fraction of sp³-hybridized carbons (Fsp3) is 0.438. The maximum absolute atomic E-state index is 6.39. The van der Waals surface area contributed by atoms with Gasteiger partial charge >= 0.3 is 0 Å². The summed E-state index contributed by atoms with van der Waals surface area (Å²) in [5, 5.41) is 0.804. The molecule has 0 unspecified atom stereocenters. The van der Waals surface area contributed by atoms with Gasteiger partial charge in [-0.3, -0.25) is 0 Å². The molecule has 0 atom stereocenters. The normalized spacial score (nSPS) is 11.5. The molecule has 1 aromatic carbocycles. The number of aromatic nitrogens is 2. The minimum atomic E-state index is 0.502. The Labute approximate surface area is 120 Å². The van der Waals surface area contributed by atoms with Crippen molar-refractivity contribution >= 4 is 11.6 Å². The van der Waals surface area contributed by atoms with Crippen LogP contribution in [0.5, 0.6) is 0 Å². The number of nitrogens with zero attached hydrogens (tertiary/aromatic N) is 2. The molecule has 1 heterocycles. The first kappa shape index (κ1) is 14.1. The zero-order chi connectivity index (χ0) is 14.0. The second kappa shape index (κ2) is 5.79. The van der Waals surface area contributed by atoms with Crippen molar-refractivity contribution in [3.63, 3.8) is 0 Å². The van der Waals surface area contributed by atoms with E-state index in [0.717, 1.165) is 17.3 Å². The average Bonchev–Trinajstić information content (AvgIpc) is 2.76. The molecule has 3 heteroatoms. The summed E-state index contributed by atoms with van der Waals surface area (Å²) in [6.45, 7) is 9.81. The van der Waals surface area contributed by atoms with Crippen molar-refractivity contribution in [3.8, 4) is 5.69 Å². The lowest BCUT2D eigenvalue weighted by Crippen LogP contribution is -2.33. The van der Waals surface area contributed by atoms with E-state index < -0.39 is 0 Å². The Morgan fingerprint density at radius 3 is 2.53 bits per heavy atom. The van der Waals surface area contributed by atoms with Crippen LogP contribution in [0.2, 0.25) is 5.02 Å². The summed E-state index contributed by atoms with van der Waals surface area (Å²) in [6.07, 6.45) is 6.24. The van der Waals surface area contributed by atoms with Gasteiger partial charge in [0.25, 0.3) is 0 Å². The van der Waals surface area contributed by atoms with Crippen LogP contribution in [0.15, 0.2) is 36.9 Å². The Morgan fingerprint density at radius 1 is 1.21 bits per heavy atom. The molecule has 0 amide bonds. The van der Waals surface area contributed by atoms with Crippen LogP contribution in [0, 0.1) is 5.92 Å². The van der Waals surface area contributed by atoms with E-state index in [1.165, 1.54) is 5.56 Å². The van der Waals surface area contributed by atoms with E-state index in [1.54, 1.807) is 0 Å². The van der Waals surface area contributed by atoms with Crippen molar-refractivity contribution in [2.24, 2.45) is 5.92 Å². The number of benzene rings is 1. The van der Waals surface area contributed by atoms with Gasteiger partial charge in [0.05, 0.1) is 11.6 Å². The number of hydrogen-bond donors (Lipinski definition) is 0. The highest BCUT2D eigenvalue weighted by atomic mass is 35.5. The second-order valence-electron chi connectivity index (χ2n) is 5.78. The van der Waals surface area contributed by atoms with E-state index in [2.05, 4.69) is 73.7 Å². The SMILES string of the molecule is CC(C)C[n+]1ccn(-c2ccc(C(C)C)cc2Cl)c1. The van der Waals surface area contributed by atoms with Gasteiger partial charge < -0.3 is 0 Å². The maximum Gasteiger partial charge on any atom is 0.249 e. The molecule has 2 nitrogen and oxygen atoms in total. The molecule has 0 spiro atoms. The molecule has 2 aromatic rings. The van der Waals surface area contributed by atoms with Gasteiger partial charge in [0.2, 0.25) is 6.33 Å². The Kier molecular flexibility index (Phi) is 4.31. The van der Waals surface area contributed by atoms with E-state index in [-0.39, 0.29) is 0 Å². The van der Waals surface area contributed by atoms with Crippen LogP contribution in [0.1, 0.15) is 39.2 Å². The Morgan fingerprint density at radius 2 is 1.95 bits per heavy atom. The standard InChI is InChI=1S/C16H22ClN2/c1-12(2)10-18-7-8-19(11-18)16-6-5-14(13(3)4)9-15(16)17/h5-9,11-13H,10H2,1-4H3/q+1. The van der Waals surface area contributed by atoms with Crippen molar-refractivity contribution in [1.82, 2.24) is 4.57 Å². The molecule has 2 rings (SSSR count). The molecule has 0 aliphatic heterocycles. The summed E-state index contributed by atoms with van der Waals surface area (Å²) in [6, 6.07) is 6.31. The van der Waals surface area contributed by atoms with Crippen LogP contribution in [-0.4, -0.2) is 4.57 Å². The highest BCUT2D eigenvalue weighted by Crippen LogP contribution is 2.25. The lowest BCUT2D eigenvalue weighted by atomic mass is 10.0. The zero-order valence-electron chi connectivity index (χ0n) is 12.1. The molecule has 0 radical (unpaired) electrons. The highest BCUT2D eigenvalue weighted by Gasteiger charge is 2.12. The lowest BCUT2D eigenvalue weighted by Gasteiger charge is -2.07. The molecule has 0 saturated carbocycles. The highest BCUT2D eigenvalue weighted by molar-refractivity contribution is 6.32. The third-order valence-corrected chi connectivity index (χ3v) is 3.49. The number of halogens is 1. The van der Waals surface area contributed by atoms with Crippen molar-refractivity contribution in [2.75, 3.05) is 0 Å². The first-order chi connectivity index (χ1) is 8.97. The third kappa shape index (κ3) is 3.38. The minimum absolute atomic E-state index is 0.502. The molecule has 0 N–H and O–H groups in total. The van der Waals surface area contributed by atoms with Gasteiger partial charge in [0.15, 0.2) is 5.69 Å². The quantitative estimate of drug-likeness (QED) is 0.741. The Balaban J connectivity index is 2.29. The molecule has 102 valence electrons. The fourth-order valence-corrected chi connectivity index (χ4v) is 2.44. The number of hydrogen-bond acceptors (Lipinski definition) is 0. The van der Waals surface area contributed by atoms with Crippen LogP contribution in [0.4, 0.5) is 0 Å². The predicted molar refractivity (Wildman–Crippen MR) is 79.9 cm³/mol. The molecule has 0 aliphatic rings. The summed E-state index contributed by atoms with van der Waals surface area (Å²) in [5.41, 5.74) is 2.31. The molecular formula is C16H22ClN2+. The number of rotatable bonds is 4. The molecule has 19 heavy (non-hydrogen) atoms. The van der Waals surface area contributed by atoms with Crippen molar-refractivity contribution in [3.05, 3.63) is 47.5 Å². The topological polar surface area (TPSA) is 8.81 Å². The van der Waals surface area contributed by atoms with Crippen molar-refractivity contribution in [1.29, 1.82) is 0 Å². The summed E-state index contributed by atoms with van der Waals surface area (Å²) in [5.74, 6) is 1.14. The molecule has 1 aromatic heterocycles. The Bertz CT molecular complexity index is 556.